The summed E-state index contributed by atoms with van der Waals surface area (Å²) in [6, 6.07) is 0.129. The molecule has 1 aromatic rings. The molecule has 0 aliphatic rings. The number of aryl methyl sites for hydroxylation is 1. The molecule has 1 rings (SSSR count). The Morgan fingerprint density at radius 3 is 2.92 bits per heavy atom. The van der Waals surface area contributed by atoms with Crippen LogP contribution < -0.4 is 5.73 Å². The fraction of sp³-hybridized carbons (Fsp3) is 0.625. The minimum atomic E-state index is 0.129. The second kappa shape index (κ2) is 3.92. The quantitative estimate of drug-likeness (QED) is 0.779. The molecule has 1 heterocycles. The molecular formula is C8H14ClN3. The second-order valence-corrected chi connectivity index (χ2v) is 3.31. The maximum absolute atomic E-state index is 5.88. The fourth-order valence-electron chi connectivity index (χ4n) is 1.16. The van der Waals surface area contributed by atoms with Crippen molar-refractivity contribution in [3.63, 3.8) is 0 Å². The number of hydrogen-bond donors (Lipinski definition) is 1. The Labute approximate surface area is 77.5 Å². The number of hydrogen-bond acceptors (Lipinski definition) is 2. The van der Waals surface area contributed by atoms with Gasteiger partial charge in [0.05, 0.1) is 12.0 Å². The van der Waals surface area contributed by atoms with Crippen molar-refractivity contribution in [2.45, 2.75) is 32.9 Å². The number of imidazole rings is 1. The van der Waals surface area contributed by atoms with E-state index in [1.54, 1.807) is 6.33 Å². The van der Waals surface area contributed by atoms with Gasteiger partial charge in [-0.1, -0.05) is 11.6 Å². The van der Waals surface area contributed by atoms with E-state index in [4.69, 9.17) is 17.3 Å². The van der Waals surface area contributed by atoms with Crippen molar-refractivity contribution in [2.75, 3.05) is 0 Å². The molecule has 0 saturated carbocycles. The lowest BCUT2D eigenvalue weighted by atomic mass is 10.2. The molecule has 3 nitrogen and oxygen atoms in total. The average Bonchev–Trinajstić information content (AvgIpc) is 2.32. The van der Waals surface area contributed by atoms with E-state index < -0.39 is 0 Å². The summed E-state index contributed by atoms with van der Waals surface area (Å²) in [5, 5.41) is 0.578. The van der Waals surface area contributed by atoms with Crippen molar-refractivity contribution < 1.29 is 0 Å². The Hall–Kier alpha value is -0.540. The molecular weight excluding hydrogens is 174 g/mol. The van der Waals surface area contributed by atoms with Gasteiger partial charge in [0.1, 0.15) is 5.15 Å². The van der Waals surface area contributed by atoms with Crippen LogP contribution in [-0.2, 0) is 13.0 Å². The van der Waals surface area contributed by atoms with E-state index in [1.807, 2.05) is 11.5 Å². The first-order chi connectivity index (χ1) is 5.65. The lowest BCUT2D eigenvalue weighted by Gasteiger charge is -2.07. The summed E-state index contributed by atoms with van der Waals surface area (Å²) >= 11 is 5.88. The van der Waals surface area contributed by atoms with E-state index in [0.29, 0.717) is 5.15 Å². The number of rotatable bonds is 3. The van der Waals surface area contributed by atoms with E-state index in [1.165, 1.54) is 0 Å². The molecule has 1 aromatic heterocycles. The summed E-state index contributed by atoms with van der Waals surface area (Å²) in [5.41, 5.74) is 6.71. The zero-order valence-electron chi connectivity index (χ0n) is 7.42. The van der Waals surface area contributed by atoms with E-state index in [0.717, 1.165) is 18.7 Å². The number of aromatic nitrogens is 2. The normalized spacial score (nSPS) is 13.3. The van der Waals surface area contributed by atoms with Crippen LogP contribution in [-0.4, -0.2) is 15.6 Å². The minimum Gasteiger partial charge on any atom is -0.333 e. The van der Waals surface area contributed by atoms with Gasteiger partial charge in [0.2, 0.25) is 0 Å². The first kappa shape index (κ1) is 9.55. The van der Waals surface area contributed by atoms with Crippen LogP contribution in [0.25, 0.3) is 0 Å². The molecule has 68 valence electrons. The average molecular weight is 188 g/mol. The first-order valence-corrected chi connectivity index (χ1v) is 4.48. The van der Waals surface area contributed by atoms with Crippen LogP contribution in [0.1, 0.15) is 19.5 Å². The van der Waals surface area contributed by atoms with Crippen LogP contribution in [0.2, 0.25) is 5.15 Å². The van der Waals surface area contributed by atoms with E-state index in [-0.39, 0.29) is 6.04 Å². The summed E-state index contributed by atoms with van der Waals surface area (Å²) < 4.78 is 2.02. The van der Waals surface area contributed by atoms with Gasteiger partial charge in [-0.25, -0.2) is 4.98 Å². The molecule has 2 N–H and O–H groups in total. The van der Waals surface area contributed by atoms with Crippen molar-refractivity contribution in [3.05, 3.63) is 17.2 Å². The van der Waals surface area contributed by atoms with Crippen LogP contribution in [0.5, 0.6) is 0 Å². The van der Waals surface area contributed by atoms with Crippen molar-refractivity contribution in [2.24, 2.45) is 5.73 Å². The van der Waals surface area contributed by atoms with Crippen molar-refractivity contribution >= 4 is 11.6 Å². The molecule has 0 unspecified atom stereocenters. The summed E-state index contributed by atoms with van der Waals surface area (Å²) in [7, 11) is 0. The highest BCUT2D eigenvalue weighted by Crippen LogP contribution is 2.14. The largest absolute Gasteiger partial charge is 0.333 e. The zero-order valence-corrected chi connectivity index (χ0v) is 8.17. The first-order valence-electron chi connectivity index (χ1n) is 4.10. The monoisotopic (exact) mass is 187 g/mol. The van der Waals surface area contributed by atoms with Crippen molar-refractivity contribution in [1.29, 1.82) is 0 Å². The maximum atomic E-state index is 5.88. The summed E-state index contributed by atoms with van der Waals surface area (Å²) in [6.45, 7) is 4.91. The Balaban J connectivity index is 2.86. The Morgan fingerprint density at radius 2 is 2.42 bits per heavy atom. The number of nitrogens with zero attached hydrogens (tertiary/aromatic N) is 2. The van der Waals surface area contributed by atoms with Crippen LogP contribution in [0.3, 0.4) is 0 Å². The lowest BCUT2D eigenvalue weighted by molar-refractivity contribution is 0.653. The van der Waals surface area contributed by atoms with Gasteiger partial charge in [0.15, 0.2) is 0 Å². The number of halogens is 1. The molecule has 4 heteroatoms. The standard InChI is InChI=1S/C8H14ClN3/c1-3-12-5-11-8(9)7(12)4-6(2)10/h5-6H,3-4,10H2,1-2H3/t6-/m0/s1. The number of nitrogens with two attached hydrogens (primary N) is 1. The highest BCUT2D eigenvalue weighted by molar-refractivity contribution is 6.30. The Bertz CT molecular complexity index is 255. The highest BCUT2D eigenvalue weighted by atomic mass is 35.5. The van der Waals surface area contributed by atoms with Crippen LogP contribution in [0.15, 0.2) is 6.33 Å². The third-order valence-corrected chi connectivity index (χ3v) is 2.07. The van der Waals surface area contributed by atoms with Crippen molar-refractivity contribution in [3.8, 4) is 0 Å². The van der Waals surface area contributed by atoms with Gasteiger partial charge >= 0.3 is 0 Å². The molecule has 0 aliphatic heterocycles. The van der Waals surface area contributed by atoms with E-state index in [2.05, 4.69) is 11.9 Å². The van der Waals surface area contributed by atoms with Gasteiger partial charge in [0.25, 0.3) is 0 Å². The third-order valence-electron chi connectivity index (χ3n) is 1.75. The zero-order chi connectivity index (χ0) is 9.14. The van der Waals surface area contributed by atoms with Gasteiger partial charge < -0.3 is 10.3 Å². The SMILES string of the molecule is CCn1cnc(Cl)c1C[C@H](C)N. The Kier molecular flexibility index (Phi) is 3.12. The smallest absolute Gasteiger partial charge is 0.150 e. The molecule has 12 heavy (non-hydrogen) atoms. The van der Waals surface area contributed by atoms with Crippen LogP contribution >= 0.6 is 11.6 Å². The van der Waals surface area contributed by atoms with Crippen LogP contribution in [0, 0.1) is 0 Å². The molecule has 0 aromatic carbocycles. The van der Waals surface area contributed by atoms with Crippen molar-refractivity contribution in [1.82, 2.24) is 9.55 Å². The molecule has 0 fully saturated rings. The topological polar surface area (TPSA) is 43.8 Å². The molecule has 0 bridgehead atoms. The summed E-state index contributed by atoms with van der Waals surface area (Å²) in [6.07, 6.45) is 2.53. The molecule has 1 atom stereocenters. The van der Waals surface area contributed by atoms with Gasteiger partial charge in [-0.3, -0.25) is 0 Å². The van der Waals surface area contributed by atoms with Gasteiger partial charge in [-0.15, -0.1) is 0 Å². The van der Waals surface area contributed by atoms with Crippen LogP contribution in [0.4, 0.5) is 0 Å². The van der Waals surface area contributed by atoms with Gasteiger partial charge in [-0.05, 0) is 13.8 Å². The molecule has 0 amide bonds. The molecule has 0 spiro atoms. The predicted octanol–water partition coefficient (Wildman–Crippen LogP) is 1.45. The molecule has 0 aliphatic carbocycles. The van der Waals surface area contributed by atoms with E-state index >= 15 is 0 Å². The lowest BCUT2D eigenvalue weighted by Crippen LogP contribution is -2.19. The minimum absolute atomic E-state index is 0.129. The predicted molar refractivity (Wildman–Crippen MR) is 50.3 cm³/mol. The van der Waals surface area contributed by atoms with Gasteiger partial charge in [0, 0.05) is 19.0 Å². The van der Waals surface area contributed by atoms with E-state index in [9.17, 15) is 0 Å². The highest BCUT2D eigenvalue weighted by Gasteiger charge is 2.09. The van der Waals surface area contributed by atoms with Gasteiger partial charge in [-0.2, -0.15) is 0 Å². The second-order valence-electron chi connectivity index (χ2n) is 2.95. The molecule has 0 radical (unpaired) electrons. The maximum Gasteiger partial charge on any atom is 0.150 e. The fourth-order valence-corrected chi connectivity index (χ4v) is 1.39. The summed E-state index contributed by atoms with van der Waals surface area (Å²) in [5.74, 6) is 0. The third kappa shape index (κ3) is 1.99. The Morgan fingerprint density at radius 1 is 1.75 bits per heavy atom. The summed E-state index contributed by atoms with van der Waals surface area (Å²) in [4.78, 5) is 4.01. The molecule has 0 saturated heterocycles.